The fourth-order valence-electron chi connectivity index (χ4n) is 2.43. The van der Waals surface area contributed by atoms with Gasteiger partial charge >= 0.3 is 0 Å². The summed E-state index contributed by atoms with van der Waals surface area (Å²) in [5.41, 5.74) is 1.21. The summed E-state index contributed by atoms with van der Waals surface area (Å²) in [7, 11) is -3.41. The molecular weight excluding hydrogens is 324 g/mol. The monoisotopic (exact) mass is 340 g/mol. The number of carbonyl (C=O) groups excluding carboxylic acids is 1. The molecule has 2 aromatic carbocycles. The standard InChI is InChI=1S/C18H16N2O3S/c21-18(16-10-11-19-17-9-5-4-8-15(16)17)20-12-13-24(22,23)14-6-2-1-3-7-14/h1-11H,12-13H2,(H,20,21). The van der Waals surface area contributed by atoms with E-state index in [-0.39, 0.29) is 23.1 Å². The van der Waals surface area contributed by atoms with Crippen molar-refractivity contribution in [3.63, 3.8) is 0 Å². The average molecular weight is 340 g/mol. The molecule has 3 aromatic rings. The lowest BCUT2D eigenvalue weighted by molar-refractivity contribution is 0.0957. The van der Waals surface area contributed by atoms with Gasteiger partial charge in [-0.1, -0.05) is 36.4 Å². The van der Waals surface area contributed by atoms with Gasteiger partial charge in [-0.05, 0) is 24.3 Å². The Morgan fingerprint density at radius 1 is 0.958 bits per heavy atom. The molecule has 0 atom stereocenters. The summed E-state index contributed by atoms with van der Waals surface area (Å²) in [5, 5.41) is 3.41. The summed E-state index contributed by atoms with van der Waals surface area (Å²) in [5.74, 6) is -0.456. The molecule has 0 aliphatic carbocycles. The average Bonchev–Trinajstić information content (AvgIpc) is 2.61. The number of aromatic nitrogens is 1. The van der Waals surface area contributed by atoms with Gasteiger partial charge in [0.05, 0.1) is 21.7 Å². The number of hydrogen-bond acceptors (Lipinski definition) is 4. The number of sulfone groups is 1. The molecule has 1 amide bonds. The van der Waals surface area contributed by atoms with Gasteiger partial charge in [0.1, 0.15) is 0 Å². The molecule has 24 heavy (non-hydrogen) atoms. The molecule has 0 fully saturated rings. The Kier molecular flexibility index (Phi) is 4.57. The summed E-state index contributed by atoms with van der Waals surface area (Å²) < 4.78 is 24.4. The van der Waals surface area contributed by atoms with Gasteiger partial charge in [0.2, 0.25) is 0 Å². The number of para-hydroxylation sites is 1. The predicted molar refractivity (Wildman–Crippen MR) is 92.6 cm³/mol. The molecule has 1 heterocycles. The number of pyridine rings is 1. The van der Waals surface area contributed by atoms with Crippen molar-refractivity contribution in [1.29, 1.82) is 0 Å². The van der Waals surface area contributed by atoms with Crippen LogP contribution in [0, 0.1) is 0 Å². The zero-order chi connectivity index (χ0) is 17.0. The van der Waals surface area contributed by atoms with Crippen molar-refractivity contribution in [2.24, 2.45) is 0 Å². The molecule has 6 heteroatoms. The second-order valence-corrected chi connectivity index (χ2v) is 7.37. The normalized spacial score (nSPS) is 11.3. The maximum Gasteiger partial charge on any atom is 0.252 e. The summed E-state index contributed by atoms with van der Waals surface area (Å²) in [6.45, 7) is 0.0483. The molecule has 0 aliphatic heterocycles. The molecule has 0 bridgehead atoms. The van der Waals surface area contributed by atoms with Crippen LogP contribution in [0.3, 0.4) is 0 Å². The summed E-state index contributed by atoms with van der Waals surface area (Å²) in [6.07, 6.45) is 1.57. The van der Waals surface area contributed by atoms with E-state index in [9.17, 15) is 13.2 Å². The topological polar surface area (TPSA) is 76.1 Å². The van der Waals surface area contributed by atoms with Gasteiger partial charge in [-0.15, -0.1) is 0 Å². The van der Waals surface area contributed by atoms with Gasteiger partial charge in [0.25, 0.3) is 5.91 Å². The van der Waals surface area contributed by atoms with E-state index < -0.39 is 9.84 Å². The van der Waals surface area contributed by atoms with E-state index in [0.29, 0.717) is 5.56 Å². The molecule has 0 unspecified atom stereocenters. The largest absolute Gasteiger partial charge is 0.351 e. The first-order chi connectivity index (χ1) is 11.6. The third-order valence-electron chi connectivity index (χ3n) is 3.65. The number of hydrogen-bond donors (Lipinski definition) is 1. The minimum atomic E-state index is -3.41. The Labute approximate surface area is 140 Å². The van der Waals surface area contributed by atoms with Crippen molar-refractivity contribution in [3.05, 3.63) is 72.4 Å². The fraction of sp³-hybridized carbons (Fsp3) is 0.111. The van der Waals surface area contributed by atoms with Gasteiger partial charge in [0.15, 0.2) is 9.84 Å². The van der Waals surface area contributed by atoms with Crippen LogP contribution in [0.1, 0.15) is 10.4 Å². The molecule has 0 spiro atoms. The predicted octanol–water partition coefficient (Wildman–Crippen LogP) is 2.44. The lowest BCUT2D eigenvalue weighted by Gasteiger charge is -2.08. The molecule has 3 rings (SSSR count). The zero-order valence-electron chi connectivity index (χ0n) is 12.8. The Hall–Kier alpha value is -2.73. The van der Waals surface area contributed by atoms with Crippen LogP contribution in [0.15, 0.2) is 71.8 Å². The fourth-order valence-corrected chi connectivity index (χ4v) is 3.61. The highest BCUT2D eigenvalue weighted by molar-refractivity contribution is 7.91. The lowest BCUT2D eigenvalue weighted by atomic mass is 10.1. The molecule has 0 saturated carbocycles. The first kappa shape index (κ1) is 16.1. The van der Waals surface area contributed by atoms with Crippen LogP contribution in [-0.4, -0.2) is 31.6 Å². The van der Waals surface area contributed by atoms with E-state index >= 15 is 0 Å². The van der Waals surface area contributed by atoms with E-state index in [1.54, 1.807) is 42.6 Å². The Bertz CT molecular complexity index is 964. The number of rotatable bonds is 5. The number of fused-ring (bicyclic) bond motifs is 1. The first-order valence-corrected chi connectivity index (χ1v) is 9.13. The van der Waals surface area contributed by atoms with E-state index in [4.69, 9.17) is 0 Å². The third-order valence-corrected chi connectivity index (χ3v) is 5.38. The van der Waals surface area contributed by atoms with Crippen LogP contribution in [0.25, 0.3) is 10.9 Å². The van der Waals surface area contributed by atoms with Crippen molar-refractivity contribution < 1.29 is 13.2 Å². The molecule has 5 nitrogen and oxygen atoms in total. The Balaban J connectivity index is 1.70. The van der Waals surface area contributed by atoms with Crippen LogP contribution in [-0.2, 0) is 9.84 Å². The number of nitrogens with one attached hydrogen (secondary N) is 1. The second-order valence-electron chi connectivity index (χ2n) is 5.26. The zero-order valence-corrected chi connectivity index (χ0v) is 13.7. The quantitative estimate of drug-likeness (QED) is 0.774. The highest BCUT2D eigenvalue weighted by Gasteiger charge is 2.15. The Morgan fingerprint density at radius 3 is 2.46 bits per heavy atom. The van der Waals surface area contributed by atoms with Gasteiger partial charge in [0, 0.05) is 18.1 Å². The minimum Gasteiger partial charge on any atom is -0.351 e. The molecular formula is C18H16N2O3S. The number of benzene rings is 2. The SMILES string of the molecule is O=C(NCCS(=O)(=O)c1ccccc1)c1ccnc2ccccc12. The van der Waals surface area contributed by atoms with E-state index in [1.165, 1.54) is 0 Å². The second kappa shape index (κ2) is 6.80. The van der Waals surface area contributed by atoms with Crippen molar-refractivity contribution in [3.8, 4) is 0 Å². The van der Waals surface area contributed by atoms with Crippen molar-refractivity contribution in [2.75, 3.05) is 12.3 Å². The van der Waals surface area contributed by atoms with Crippen molar-refractivity contribution in [1.82, 2.24) is 10.3 Å². The minimum absolute atomic E-state index is 0.0483. The van der Waals surface area contributed by atoms with Gasteiger partial charge in [-0.25, -0.2) is 8.42 Å². The lowest BCUT2D eigenvalue weighted by Crippen LogP contribution is -2.29. The highest BCUT2D eigenvalue weighted by atomic mass is 32.2. The van der Waals surface area contributed by atoms with Gasteiger partial charge in [-0.2, -0.15) is 0 Å². The molecule has 1 N–H and O–H groups in total. The molecule has 0 aliphatic rings. The molecule has 0 saturated heterocycles. The number of nitrogens with zero attached hydrogens (tertiary/aromatic N) is 1. The van der Waals surface area contributed by atoms with Gasteiger partial charge in [-0.3, -0.25) is 9.78 Å². The first-order valence-electron chi connectivity index (χ1n) is 7.48. The summed E-state index contributed by atoms with van der Waals surface area (Å²) >= 11 is 0. The van der Waals surface area contributed by atoms with Crippen LogP contribution in [0.4, 0.5) is 0 Å². The van der Waals surface area contributed by atoms with Crippen molar-refractivity contribution >= 4 is 26.6 Å². The summed E-state index contributed by atoms with van der Waals surface area (Å²) in [4.78, 5) is 16.8. The van der Waals surface area contributed by atoms with E-state index in [1.807, 2.05) is 24.3 Å². The molecule has 1 aromatic heterocycles. The maximum absolute atomic E-state index is 12.3. The van der Waals surface area contributed by atoms with Crippen molar-refractivity contribution in [2.45, 2.75) is 4.90 Å². The third kappa shape index (κ3) is 3.44. The summed E-state index contributed by atoms with van der Waals surface area (Å²) in [6, 6.07) is 17.2. The van der Waals surface area contributed by atoms with Gasteiger partial charge < -0.3 is 5.32 Å². The van der Waals surface area contributed by atoms with Crippen LogP contribution in [0.5, 0.6) is 0 Å². The number of amides is 1. The van der Waals surface area contributed by atoms with Crippen LogP contribution in [0.2, 0.25) is 0 Å². The Morgan fingerprint density at radius 2 is 1.67 bits per heavy atom. The number of carbonyl (C=O) groups is 1. The molecule has 0 radical (unpaired) electrons. The maximum atomic E-state index is 12.3. The molecule has 122 valence electrons. The van der Waals surface area contributed by atoms with Crippen LogP contribution >= 0.6 is 0 Å². The van der Waals surface area contributed by atoms with E-state index in [2.05, 4.69) is 10.3 Å². The van der Waals surface area contributed by atoms with E-state index in [0.717, 1.165) is 10.9 Å². The smallest absolute Gasteiger partial charge is 0.252 e. The highest BCUT2D eigenvalue weighted by Crippen LogP contribution is 2.16. The van der Waals surface area contributed by atoms with Crippen LogP contribution < -0.4 is 5.32 Å².